The SMILES string of the molecule is O=C(c1cnc(Nc2cccc(Cl)c2)cn1)N1CCC2(CC1)OCCO2. The van der Waals surface area contributed by atoms with Gasteiger partial charge in [-0.15, -0.1) is 0 Å². The first-order valence-corrected chi connectivity index (χ1v) is 8.93. The molecule has 1 aromatic carbocycles. The van der Waals surface area contributed by atoms with Crippen molar-refractivity contribution in [1.29, 1.82) is 0 Å². The van der Waals surface area contributed by atoms with E-state index in [2.05, 4.69) is 15.3 Å². The number of aromatic nitrogens is 2. The molecule has 0 saturated carbocycles. The number of amides is 1. The molecular formula is C18H19ClN4O3. The van der Waals surface area contributed by atoms with Gasteiger partial charge in [0.2, 0.25) is 0 Å². The van der Waals surface area contributed by atoms with Gasteiger partial charge in [-0.25, -0.2) is 9.97 Å². The lowest BCUT2D eigenvalue weighted by molar-refractivity contribution is -0.181. The van der Waals surface area contributed by atoms with Crippen LogP contribution in [-0.2, 0) is 9.47 Å². The van der Waals surface area contributed by atoms with Gasteiger partial charge in [0.05, 0.1) is 25.6 Å². The zero-order valence-corrected chi connectivity index (χ0v) is 14.9. The van der Waals surface area contributed by atoms with Gasteiger partial charge in [0.15, 0.2) is 5.79 Å². The van der Waals surface area contributed by atoms with Crippen molar-refractivity contribution < 1.29 is 14.3 Å². The summed E-state index contributed by atoms with van der Waals surface area (Å²) in [6, 6.07) is 7.31. The highest BCUT2D eigenvalue weighted by Gasteiger charge is 2.41. The van der Waals surface area contributed by atoms with E-state index in [0.717, 1.165) is 5.69 Å². The lowest BCUT2D eigenvalue weighted by atomic mass is 10.0. The number of ether oxygens (including phenoxy) is 2. The van der Waals surface area contributed by atoms with E-state index in [1.807, 2.05) is 12.1 Å². The van der Waals surface area contributed by atoms with Crippen LogP contribution >= 0.6 is 11.6 Å². The second-order valence-electron chi connectivity index (χ2n) is 6.32. The Kier molecular flexibility index (Phi) is 4.76. The second kappa shape index (κ2) is 7.19. The molecule has 136 valence electrons. The summed E-state index contributed by atoms with van der Waals surface area (Å²) in [5.74, 6) is -0.0680. The predicted octanol–water partition coefficient (Wildman–Crippen LogP) is 2.85. The van der Waals surface area contributed by atoms with Gasteiger partial charge < -0.3 is 19.7 Å². The molecule has 1 aromatic heterocycles. The smallest absolute Gasteiger partial charge is 0.274 e. The topological polar surface area (TPSA) is 76.6 Å². The number of rotatable bonds is 3. The molecule has 2 fully saturated rings. The Labute approximate surface area is 156 Å². The first kappa shape index (κ1) is 17.2. The van der Waals surface area contributed by atoms with Crippen LogP contribution in [0.4, 0.5) is 11.5 Å². The zero-order valence-electron chi connectivity index (χ0n) is 14.2. The van der Waals surface area contributed by atoms with Gasteiger partial charge in [-0.2, -0.15) is 0 Å². The first-order chi connectivity index (χ1) is 12.6. The highest BCUT2D eigenvalue weighted by molar-refractivity contribution is 6.30. The lowest BCUT2D eigenvalue weighted by Crippen LogP contribution is -2.47. The quantitative estimate of drug-likeness (QED) is 0.890. The van der Waals surface area contributed by atoms with E-state index in [4.69, 9.17) is 21.1 Å². The zero-order chi connectivity index (χ0) is 18.0. The number of carbonyl (C=O) groups is 1. The Morgan fingerprint density at radius 1 is 1.15 bits per heavy atom. The molecule has 0 aliphatic carbocycles. The maximum Gasteiger partial charge on any atom is 0.274 e. The van der Waals surface area contributed by atoms with E-state index in [0.29, 0.717) is 55.7 Å². The molecule has 4 rings (SSSR count). The van der Waals surface area contributed by atoms with Crippen molar-refractivity contribution in [2.24, 2.45) is 0 Å². The number of hydrogen-bond acceptors (Lipinski definition) is 6. The van der Waals surface area contributed by atoms with Gasteiger partial charge in [0.1, 0.15) is 11.5 Å². The summed E-state index contributed by atoms with van der Waals surface area (Å²) in [7, 11) is 0. The monoisotopic (exact) mass is 374 g/mol. The number of carbonyl (C=O) groups excluding carboxylic acids is 1. The number of halogens is 1. The van der Waals surface area contributed by atoms with Crippen molar-refractivity contribution in [3.05, 3.63) is 47.4 Å². The summed E-state index contributed by atoms with van der Waals surface area (Å²) in [6.07, 6.45) is 4.39. The fourth-order valence-corrected chi connectivity index (χ4v) is 3.41. The van der Waals surface area contributed by atoms with Crippen LogP contribution in [0.1, 0.15) is 23.3 Å². The minimum Gasteiger partial charge on any atom is -0.347 e. The molecule has 0 radical (unpaired) electrons. The predicted molar refractivity (Wildman–Crippen MR) is 96.5 cm³/mol. The number of likely N-dealkylation sites (tertiary alicyclic amines) is 1. The Hall–Kier alpha value is -2.22. The number of hydrogen-bond donors (Lipinski definition) is 1. The van der Waals surface area contributed by atoms with Crippen molar-refractivity contribution in [3.8, 4) is 0 Å². The van der Waals surface area contributed by atoms with Crippen LogP contribution in [0.3, 0.4) is 0 Å². The molecule has 0 atom stereocenters. The van der Waals surface area contributed by atoms with Crippen LogP contribution in [0.15, 0.2) is 36.7 Å². The molecule has 2 saturated heterocycles. The molecule has 0 unspecified atom stereocenters. The number of benzene rings is 1. The third-order valence-corrected chi connectivity index (χ3v) is 4.83. The van der Waals surface area contributed by atoms with Gasteiger partial charge in [0, 0.05) is 36.6 Å². The lowest BCUT2D eigenvalue weighted by Gasteiger charge is -2.37. The maximum atomic E-state index is 12.6. The van der Waals surface area contributed by atoms with Crippen molar-refractivity contribution in [3.63, 3.8) is 0 Å². The number of anilines is 2. The molecule has 2 aromatic rings. The molecule has 1 spiro atoms. The standard InChI is InChI=1S/C18H19ClN4O3/c19-13-2-1-3-14(10-13)22-16-12-20-15(11-21-16)17(24)23-6-4-18(5-7-23)25-8-9-26-18/h1-3,10-12H,4-9H2,(H,21,22). The Morgan fingerprint density at radius 2 is 1.92 bits per heavy atom. The van der Waals surface area contributed by atoms with Crippen LogP contribution in [0, 0.1) is 0 Å². The third-order valence-electron chi connectivity index (χ3n) is 4.59. The minimum atomic E-state index is -0.493. The summed E-state index contributed by atoms with van der Waals surface area (Å²) in [5.41, 5.74) is 1.13. The summed E-state index contributed by atoms with van der Waals surface area (Å²) in [6.45, 7) is 2.42. The van der Waals surface area contributed by atoms with E-state index in [9.17, 15) is 4.79 Å². The van der Waals surface area contributed by atoms with Crippen LogP contribution in [0.25, 0.3) is 0 Å². The Balaban J connectivity index is 1.38. The van der Waals surface area contributed by atoms with Crippen molar-refractivity contribution in [1.82, 2.24) is 14.9 Å². The molecule has 8 heteroatoms. The van der Waals surface area contributed by atoms with E-state index in [-0.39, 0.29) is 5.91 Å². The van der Waals surface area contributed by atoms with E-state index in [1.54, 1.807) is 23.2 Å². The number of nitrogens with one attached hydrogen (secondary N) is 1. The second-order valence-corrected chi connectivity index (χ2v) is 6.76. The fraction of sp³-hybridized carbons (Fsp3) is 0.389. The van der Waals surface area contributed by atoms with Crippen molar-refractivity contribution in [2.75, 3.05) is 31.6 Å². The summed E-state index contributed by atoms with van der Waals surface area (Å²) >= 11 is 5.96. The van der Waals surface area contributed by atoms with Crippen molar-refractivity contribution in [2.45, 2.75) is 18.6 Å². The van der Waals surface area contributed by atoms with Gasteiger partial charge >= 0.3 is 0 Å². The van der Waals surface area contributed by atoms with Crippen LogP contribution in [0.2, 0.25) is 5.02 Å². The first-order valence-electron chi connectivity index (χ1n) is 8.55. The molecular weight excluding hydrogens is 356 g/mol. The van der Waals surface area contributed by atoms with E-state index in [1.165, 1.54) is 6.20 Å². The summed E-state index contributed by atoms with van der Waals surface area (Å²) in [5, 5.41) is 3.74. The molecule has 1 amide bonds. The van der Waals surface area contributed by atoms with Crippen LogP contribution < -0.4 is 5.32 Å². The number of nitrogens with zero attached hydrogens (tertiary/aromatic N) is 3. The van der Waals surface area contributed by atoms with Crippen LogP contribution in [-0.4, -0.2) is 52.9 Å². The fourth-order valence-electron chi connectivity index (χ4n) is 3.22. The number of piperidine rings is 1. The Morgan fingerprint density at radius 3 is 2.58 bits per heavy atom. The maximum absolute atomic E-state index is 12.6. The molecule has 1 N–H and O–H groups in total. The van der Waals surface area contributed by atoms with Crippen molar-refractivity contribution >= 4 is 29.0 Å². The van der Waals surface area contributed by atoms with Gasteiger partial charge in [0.25, 0.3) is 5.91 Å². The molecule has 2 aliphatic heterocycles. The average Bonchev–Trinajstić information content (AvgIpc) is 3.11. The summed E-state index contributed by atoms with van der Waals surface area (Å²) < 4.78 is 11.4. The average molecular weight is 375 g/mol. The van der Waals surface area contributed by atoms with Gasteiger partial charge in [-0.3, -0.25) is 4.79 Å². The normalized spacial score (nSPS) is 18.9. The molecule has 0 bridgehead atoms. The van der Waals surface area contributed by atoms with E-state index < -0.39 is 5.79 Å². The van der Waals surface area contributed by atoms with E-state index >= 15 is 0 Å². The van der Waals surface area contributed by atoms with Crippen LogP contribution in [0.5, 0.6) is 0 Å². The minimum absolute atomic E-state index is 0.125. The van der Waals surface area contributed by atoms with Gasteiger partial charge in [-0.05, 0) is 18.2 Å². The Bertz CT molecular complexity index is 783. The molecule has 2 aliphatic rings. The highest BCUT2D eigenvalue weighted by atomic mass is 35.5. The highest BCUT2D eigenvalue weighted by Crippen LogP contribution is 2.31. The van der Waals surface area contributed by atoms with Gasteiger partial charge in [-0.1, -0.05) is 17.7 Å². The summed E-state index contributed by atoms with van der Waals surface area (Å²) in [4.78, 5) is 22.9. The largest absolute Gasteiger partial charge is 0.347 e. The third kappa shape index (κ3) is 3.65. The molecule has 3 heterocycles. The molecule has 26 heavy (non-hydrogen) atoms. The molecule has 7 nitrogen and oxygen atoms in total.